The lowest BCUT2D eigenvalue weighted by atomic mass is 9.91. The summed E-state index contributed by atoms with van der Waals surface area (Å²) in [6, 6.07) is 11.3. The van der Waals surface area contributed by atoms with Gasteiger partial charge in [0.25, 0.3) is 5.91 Å². The topological polar surface area (TPSA) is 133 Å². The number of benzene rings is 1. The molecule has 0 radical (unpaired) electrons. The number of nitrogens with zero attached hydrogens (tertiary/aromatic N) is 3. The number of methoxy groups -OCH3 is 1. The van der Waals surface area contributed by atoms with Crippen LogP contribution in [0.2, 0.25) is 0 Å². The van der Waals surface area contributed by atoms with Crippen LogP contribution in [0.25, 0.3) is 27.8 Å². The molecule has 0 bridgehead atoms. The number of pyridine rings is 1. The summed E-state index contributed by atoms with van der Waals surface area (Å²) in [5, 5.41) is 7.08. The molecule has 1 aromatic carbocycles. The van der Waals surface area contributed by atoms with E-state index in [1.807, 2.05) is 24.3 Å². The zero-order valence-electron chi connectivity index (χ0n) is 20.9. The first-order valence-corrected chi connectivity index (χ1v) is 12.4. The molecule has 0 spiro atoms. The summed E-state index contributed by atoms with van der Waals surface area (Å²) in [7, 11) is 1.32. The number of carbonyl (C=O) groups excluding carboxylic acids is 3. The maximum Gasteiger partial charge on any atom is 0.325 e. The van der Waals surface area contributed by atoms with Gasteiger partial charge in [0.2, 0.25) is 5.91 Å². The van der Waals surface area contributed by atoms with E-state index in [1.54, 1.807) is 33.5 Å². The van der Waals surface area contributed by atoms with E-state index < -0.39 is 5.97 Å². The highest BCUT2D eigenvalue weighted by Gasteiger charge is 2.23. The fourth-order valence-electron chi connectivity index (χ4n) is 4.93. The van der Waals surface area contributed by atoms with Crippen molar-refractivity contribution in [2.45, 2.75) is 44.7 Å². The number of nitrogens with two attached hydrogens (primary N) is 1. The monoisotopic (exact) mass is 502 g/mol. The summed E-state index contributed by atoms with van der Waals surface area (Å²) in [4.78, 5) is 42.1. The quantitative estimate of drug-likeness (QED) is 0.345. The number of hydrogen-bond donors (Lipinski definition) is 3. The van der Waals surface area contributed by atoms with E-state index in [0.717, 1.165) is 42.1 Å². The van der Waals surface area contributed by atoms with E-state index in [2.05, 4.69) is 10.6 Å². The summed E-state index contributed by atoms with van der Waals surface area (Å²) >= 11 is 0. The van der Waals surface area contributed by atoms with Gasteiger partial charge in [0.05, 0.1) is 12.6 Å². The number of para-hydroxylation sites is 1. The summed E-state index contributed by atoms with van der Waals surface area (Å²) < 4.78 is 8.16. The Labute approximate surface area is 213 Å². The van der Waals surface area contributed by atoms with Crippen molar-refractivity contribution in [3.8, 4) is 11.3 Å². The van der Waals surface area contributed by atoms with Crippen LogP contribution in [-0.2, 0) is 9.53 Å². The Morgan fingerprint density at radius 2 is 1.89 bits per heavy atom. The third-order valence-electron chi connectivity index (χ3n) is 6.93. The molecule has 0 aliphatic heterocycles. The van der Waals surface area contributed by atoms with Gasteiger partial charge in [0.1, 0.15) is 23.7 Å². The van der Waals surface area contributed by atoms with Gasteiger partial charge in [-0.25, -0.2) is 4.98 Å². The van der Waals surface area contributed by atoms with Crippen LogP contribution in [0.1, 0.15) is 47.8 Å². The molecule has 10 heteroatoms. The van der Waals surface area contributed by atoms with Crippen LogP contribution in [0, 0.1) is 0 Å². The SMILES string of the molecule is COC(=O)CNc1c(-c2cn(C(C)=O)c3ccccc23)nc2cc(C(=O)NC3CCC(N)CC3)ccn12. The molecule has 3 aromatic heterocycles. The van der Waals surface area contributed by atoms with Gasteiger partial charge in [-0.2, -0.15) is 0 Å². The molecule has 0 saturated heterocycles. The lowest BCUT2D eigenvalue weighted by molar-refractivity contribution is -0.138. The van der Waals surface area contributed by atoms with Gasteiger partial charge in [-0.05, 0) is 43.9 Å². The second-order valence-electron chi connectivity index (χ2n) is 9.42. The average Bonchev–Trinajstić information content (AvgIpc) is 3.46. The van der Waals surface area contributed by atoms with Gasteiger partial charge < -0.3 is 21.1 Å². The number of aromatic nitrogens is 3. The van der Waals surface area contributed by atoms with E-state index in [4.69, 9.17) is 15.5 Å². The van der Waals surface area contributed by atoms with Gasteiger partial charge in [-0.3, -0.25) is 23.4 Å². The van der Waals surface area contributed by atoms with Gasteiger partial charge >= 0.3 is 5.97 Å². The van der Waals surface area contributed by atoms with E-state index in [0.29, 0.717) is 22.7 Å². The van der Waals surface area contributed by atoms with E-state index in [1.165, 1.54) is 14.0 Å². The largest absolute Gasteiger partial charge is 0.468 e. The zero-order valence-corrected chi connectivity index (χ0v) is 20.9. The predicted molar refractivity (Wildman–Crippen MR) is 141 cm³/mol. The molecule has 10 nitrogen and oxygen atoms in total. The lowest BCUT2D eigenvalue weighted by Gasteiger charge is -2.26. The van der Waals surface area contributed by atoms with Crippen LogP contribution in [-0.4, -0.2) is 57.5 Å². The van der Waals surface area contributed by atoms with Crippen molar-refractivity contribution in [2.75, 3.05) is 19.0 Å². The number of hydrogen-bond acceptors (Lipinski definition) is 7. The standard InChI is InChI=1S/C27H30N6O4/c1-16(34)33-15-21(20-5-3-4-6-22(20)33)25-26(29-14-24(35)37-2)32-12-11-17(13-23(32)31-25)27(36)30-19-9-7-18(28)8-10-19/h3-6,11-13,15,18-19,29H,7-10,14,28H2,1-2H3,(H,30,36). The van der Waals surface area contributed by atoms with E-state index >= 15 is 0 Å². The number of nitrogens with one attached hydrogen (secondary N) is 2. The van der Waals surface area contributed by atoms with Crippen LogP contribution < -0.4 is 16.4 Å². The summed E-state index contributed by atoms with van der Waals surface area (Å²) in [5.74, 6) is -0.168. The molecule has 1 saturated carbocycles. The predicted octanol–water partition coefficient (Wildman–Crippen LogP) is 3.20. The third kappa shape index (κ3) is 4.79. The number of rotatable bonds is 6. The van der Waals surface area contributed by atoms with Crippen molar-refractivity contribution in [1.29, 1.82) is 0 Å². The molecule has 1 amide bonds. The molecule has 0 unspecified atom stereocenters. The minimum absolute atomic E-state index is 0.0747. The Morgan fingerprint density at radius 1 is 1.14 bits per heavy atom. The van der Waals surface area contributed by atoms with Crippen LogP contribution >= 0.6 is 0 Å². The highest BCUT2D eigenvalue weighted by molar-refractivity contribution is 6.03. The second kappa shape index (κ2) is 10.1. The van der Waals surface area contributed by atoms with Crippen molar-refractivity contribution >= 4 is 40.2 Å². The fourth-order valence-corrected chi connectivity index (χ4v) is 4.93. The Kier molecular flexibility index (Phi) is 6.66. The average molecular weight is 503 g/mol. The minimum Gasteiger partial charge on any atom is -0.468 e. The number of imidazole rings is 1. The van der Waals surface area contributed by atoms with Crippen molar-refractivity contribution in [3.63, 3.8) is 0 Å². The second-order valence-corrected chi connectivity index (χ2v) is 9.42. The number of carbonyl (C=O) groups is 3. The molecule has 192 valence electrons. The maximum atomic E-state index is 13.0. The Morgan fingerprint density at radius 3 is 2.62 bits per heavy atom. The first-order chi connectivity index (χ1) is 17.9. The van der Waals surface area contributed by atoms with Crippen LogP contribution in [0.15, 0.2) is 48.8 Å². The van der Waals surface area contributed by atoms with E-state index in [9.17, 15) is 14.4 Å². The highest BCUT2D eigenvalue weighted by atomic mass is 16.5. The number of fused-ring (bicyclic) bond motifs is 2. The number of esters is 1. The lowest BCUT2D eigenvalue weighted by Crippen LogP contribution is -2.40. The summed E-state index contributed by atoms with van der Waals surface area (Å²) in [6.07, 6.45) is 7.03. The Bertz CT molecular complexity index is 1500. The summed E-state index contributed by atoms with van der Waals surface area (Å²) in [6.45, 7) is 1.43. The van der Waals surface area contributed by atoms with Crippen LogP contribution in [0.5, 0.6) is 0 Å². The zero-order chi connectivity index (χ0) is 26.1. The minimum atomic E-state index is -0.435. The molecular weight excluding hydrogens is 472 g/mol. The van der Waals surface area contributed by atoms with Crippen LogP contribution in [0.4, 0.5) is 5.82 Å². The first-order valence-electron chi connectivity index (χ1n) is 12.4. The number of amides is 1. The Hall–Kier alpha value is -4.18. The maximum absolute atomic E-state index is 13.0. The van der Waals surface area contributed by atoms with Gasteiger partial charge in [-0.15, -0.1) is 0 Å². The van der Waals surface area contributed by atoms with Gasteiger partial charge in [0, 0.05) is 47.9 Å². The van der Waals surface area contributed by atoms with Crippen molar-refractivity contribution < 1.29 is 19.1 Å². The van der Waals surface area contributed by atoms with E-state index in [-0.39, 0.29) is 30.4 Å². The molecule has 1 aliphatic carbocycles. The molecule has 3 heterocycles. The van der Waals surface area contributed by atoms with Gasteiger partial charge in [-0.1, -0.05) is 18.2 Å². The summed E-state index contributed by atoms with van der Waals surface area (Å²) in [5.41, 5.74) is 9.05. The fraction of sp³-hybridized carbons (Fsp3) is 0.333. The first kappa shape index (κ1) is 24.5. The molecule has 4 aromatic rings. The molecule has 1 fully saturated rings. The molecular formula is C27H30N6O4. The third-order valence-corrected chi connectivity index (χ3v) is 6.93. The Balaban J connectivity index is 1.56. The molecule has 5 rings (SSSR count). The van der Waals surface area contributed by atoms with Crippen molar-refractivity contribution in [2.24, 2.45) is 5.73 Å². The molecule has 0 atom stereocenters. The molecule has 37 heavy (non-hydrogen) atoms. The highest BCUT2D eigenvalue weighted by Crippen LogP contribution is 2.35. The molecule has 4 N–H and O–H groups in total. The van der Waals surface area contributed by atoms with Crippen LogP contribution in [0.3, 0.4) is 0 Å². The number of anilines is 1. The normalized spacial score (nSPS) is 17.6. The van der Waals surface area contributed by atoms with Crippen molar-refractivity contribution in [1.82, 2.24) is 19.3 Å². The van der Waals surface area contributed by atoms with Crippen molar-refractivity contribution in [3.05, 3.63) is 54.4 Å². The molecule has 1 aliphatic rings. The number of ether oxygens (including phenoxy) is 1. The smallest absolute Gasteiger partial charge is 0.325 e. The van der Waals surface area contributed by atoms with Gasteiger partial charge in [0.15, 0.2) is 0 Å².